The minimum atomic E-state index is -0.500. The molecule has 0 atom stereocenters. The molecule has 0 aromatic heterocycles. The van der Waals surface area contributed by atoms with Gasteiger partial charge in [0.25, 0.3) is 5.17 Å². The molecule has 0 aromatic rings. The van der Waals surface area contributed by atoms with Crippen LogP contribution in [0.25, 0.3) is 0 Å². The Labute approximate surface area is 68.3 Å². The first-order valence-electron chi connectivity index (χ1n) is 0.716. The molecule has 0 aliphatic rings. The SMILES string of the molecule is NC(O)=S.[Nd]. The van der Waals surface area contributed by atoms with Crippen molar-refractivity contribution in [3.8, 4) is 0 Å². The number of thiocarbonyl (C=S) groups is 1. The van der Waals surface area contributed by atoms with Crippen molar-refractivity contribution in [3.63, 3.8) is 0 Å². The molecule has 0 amide bonds. The van der Waals surface area contributed by atoms with Crippen molar-refractivity contribution in [2.75, 3.05) is 0 Å². The summed E-state index contributed by atoms with van der Waals surface area (Å²) in [4.78, 5) is 0. The van der Waals surface area contributed by atoms with E-state index in [0.717, 1.165) is 0 Å². The minimum absolute atomic E-state index is 0. The largest absolute Gasteiger partial charge is 0.487 e. The maximum atomic E-state index is 7.56. The average molecular weight is 221 g/mol. The van der Waals surface area contributed by atoms with Crippen LogP contribution >= 0.6 is 12.2 Å². The van der Waals surface area contributed by atoms with Gasteiger partial charge in [0.15, 0.2) is 0 Å². The molecule has 0 aliphatic carbocycles. The molecule has 0 saturated carbocycles. The fourth-order valence-electron chi connectivity index (χ4n) is 0. The number of aliphatic hydroxyl groups is 1. The molecule has 0 aliphatic heterocycles. The maximum absolute atomic E-state index is 7.56. The van der Waals surface area contributed by atoms with E-state index in [1.54, 1.807) is 0 Å². The number of hydrogen-bond acceptors (Lipinski definition) is 1. The number of aliphatic hydroxyl groups excluding tert-OH is 1. The molecule has 2 nitrogen and oxygen atoms in total. The molecule has 3 N–H and O–H groups in total. The molecule has 0 radical (unpaired) electrons. The molecule has 0 rings (SSSR count). The van der Waals surface area contributed by atoms with Crippen LogP contribution < -0.4 is 5.73 Å². The van der Waals surface area contributed by atoms with E-state index in [2.05, 4.69) is 18.0 Å². The molecule has 0 aromatic carbocycles. The van der Waals surface area contributed by atoms with Crippen molar-refractivity contribution in [1.82, 2.24) is 0 Å². The topological polar surface area (TPSA) is 46.2 Å². The van der Waals surface area contributed by atoms with Gasteiger partial charge in [0, 0.05) is 40.8 Å². The van der Waals surface area contributed by atoms with Crippen LogP contribution in [0.1, 0.15) is 0 Å². The van der Waals surface area contributed by atoms with Gasteiger partial charge in [-0.3, -0.25) is 0 Å². The second-order valence-corrected chi connectivity index (χ2v) is 0.757. The molecule has 0 heterocycles. The number of hydrogen-bond donors (Lipinski definition) is 2. The monoisotopic (exact) mass is 219 g/mol. The molecule has 0 unspecified atom stereocenters. The van der Waals surface area contributed by atoms with E-state index in [9.17, 15) is 0 Å². The van der Waals surface area contributed by atoms with Crippen molar-refractivity contribution in [2.45, 2.75) is 0 Å². The summed E-state index contributed by atoms with van der Waals surface area (Å²) < 4.78 is 0. The first kappa shape index (κ1) is 9.40. The van der Waals surface area contributed by atoms with Gasteiger partial charge in [0.1, 0.15) is 0 Å². The zero-order valence-electron chi connectivity index (χ0n) is 2.43. The van der Waals surface area contributed by atoms with E-state index < -0.39 is 5.17 Å². The van der Waals surface area contributed by atoms with Crippen molar-refractivity contribution >= 4 is 17.4 Å². The van der Waals surface area contributed by atoms with E-state index in [0.29, 0.717) is 0 Å². The van der Waals surface area contributed by atoms with Gasteiger partial charge >= 0.3 is 0 Å². The molecule has 0 fully saturated rings. The third-order valence-electron chi connectivity index (χ3n) is 0. The summed E-state index contributed by atoms with van der Waals surface area (Å²) in [6.07, 6.45) is 0. The zero-order chi connectivity index (χ0) is 3.58. The normalized spacial score (nSPS) is 4.80. The van der Waals surface area contributed by atoms with Crippen LogP contribution in [0.5, 0.6) is 0 Å². The maximum Gasteiger partial charge on any atom is 0.251 e. The van der Waals surface area contributed by atoms with Crippen LogP contribution in [0.4, 0.5) is 0 Å². The fraction of sp³-hybridized carbons (Fsp3) is 0. The molecular weight excluding hydrogens is 218 g/mol. The minimum Gasteiger partial charge on any atom is -0.487 e. The quantitative estimate of drug-likeness (QED) is 0.556. The van der Waals surface area contributed by atoms with Crippen LogP contribution in [0.3, 0.4) is 0 Å². The molecule has 0 saturated heterocycles. The molecule has 0 bridgehead atoms. The van der Waals surface area contributed by atoms with Crippen molar-refractivity contribution in [1.29, 1.82) is 0 Å². The van der Waals surface area contributed by atoms with E-state index in [-0.39, 0.29) is 40.8 Å². The van der Waals surface area contributed by atoms with Crippen molar-refractivity contribution in [3.05, 3.63) is 0 Å². The predicted molar refractivity (Wildman–Crippen MR) is 19.4 cm³/mol. The Morgan fingerprint density at radius 2 is 1.80 bits per heavy atom. The van der Waals surface area contributed by atoms with Crippen molar-refractivity contribution in [2.24, 2.45) is 5.73 Å². The summed E-state index contributed by atoms with van der Waals surface area (Å²) in [5.74, 6) is 0. The zero-order valence-corrected chi connectivity index (χ0v) is 6.46. The van der Waals surface area contributed by atoms with Gasteiger partial charge in [-0.15, -0.1) is 0 Å². The third kappa shape index (κ3) is 43.0. The van der Waals surface area contributed by atoms with Gasteiger partial charge in [0.2, 0.25) is 0 Å². The number of rotatable bonds is 0. The molecule has 4 heteroatoms. The van der Waals surface area contributed by atoms with Crippen LogP contribution in [0.15, 0.2) is 0 Å². The Morgan fingerprint density at radius 3 is 1.80 bits per heavy atom. The standard InChI is InChI=1S/CH3NOS.Nd/c2-1(3)4;/h(H3,2,3,4);. The summed E-state index contributed by atoms with van der Waals surface area (Å²) in [5.41, 5.74) is 4.40. The predicted octanol–water partition coefficient (Wildman–Crippen LogP) is -0.212. The Hall–Kier alpha value is 1.04. The van der Waals surface area contributed by atoms with E-state index in [1.807, 2.05) is 0 Å². The Kier molecular flexibility index (Phi) is 9.48. The van der Waals surface area contributed by atoms with Gasteiger partial charge in [-0.25, -0.2) is 0 Å². The number of nitrogens with two attached hydrogens (primary N) is 1. The van der Waals surface area contributed by atoms with Gasteiger partial charge in [-0.2, -0.15) is 0 Å². The summed E-state index contributed by atoms with van der Waals surface area (Å²) in [5, 5.41) is 7.06. The average Bonchev–Trinajstić information content (AvgIpc) is 0.811. The Bertz CT molecular complexity index is 34.6. The van der Waals surface area contributed by atoms with E-state index in [1.165, 1.54) is 0 Å². The van der Waals surface area contributed by atoms with Crippen LogP contribution in [-0.4, -0.2) is 10.3 Å². The van der Waals surface area contributed by atoms with Gasteiger partial charge in [-0.05, 0) is 12.2 Å². The first-order chi connectivity index (χ1) is 1.73. The van der Waals surface area contributed by atoms with E-state index in [4.69, 9.17) is 5.11 Å². The Balaban J connectivity index is 0. The fourth-order valence-corrected chi connectivity index (χ4v) is 0. The Morgan fingerprint density at radius 1 is 1.80 bits per heavy atom. The first-order valence-corrected chi connectivity index (χ1v) is 1.12. The van der Waals surface area contributed by atoms with Gasteiger partial charge in [0.05, 0.1) is 0 Å². The van der Waals surface area contributed by atoms with Crippen LogP contribution in [0, 0.1) is 40.8 Å². The van der Waals surface area contributed by atoms with Gasteiger partial charge < -0.3 is 10.8 Å². The van der Waals surface area contributed by atoms with E-state index >= 15 is 0 Å². The van der Waals surface area contributed by atoms with Crippen molar-refractivity contribution < 1.29 is 45.9 Å². The molecule has 0 spiro atoms. The second-order valence-electron chi connectivity index (χ2n) is 0.338. The molecule has 28 valence electrons. The summed E-state index contributed by atoms with van der Waals surface area (Å²) in [6, 6.07) is 0. The van der Waals surface area contributed by atoms with Gasteiger partial charge in [-0.1, -0.05) is 0 Å². The summed E-state index contributed by atoms with van der Waals surface area (Å²) >= 11 is 3.87. The summed E-state index contributed by atoms with van der Waals surface area (Å²) in [6.45, 7) is 0. The second kappa shape index (κ2) is 5.04. The third-order valence-corrected chi connectivity index (χ3v) is 0. The summed E-state index contributed by atoms with van der Waals surface area (Å²) in [7, 11) is 0. The van der Waals surface area contributed by atoms with Crippen LogP contribution in [-0.2, 0) is 0 Å². The smallest absolute Gasteiger partial charge is 0.251 e. The molecular formula is CH3NNdOS. The van der Waals surface area contributed by atoms with Crippen LogP contribution in [0.2, 0.25) is 0 Å². The molecule has 5 heavy (non-hydrogen) atoms.